The van der Waals surface area contributed by atoms with E-state index in [0.717, 1.165) is 0 Å². The molecule has 0 saturated heterocycles. The number of pyridine rings is 2. The van der Waals surface area contributed by atoms with Gasteiger partial charge < -0.3 is 0 Å². The Labute approximate surface area is 93.4 Å². The van der Waals surface area contributed by atoms with Crippen LogP contribution in [0.3, 0.4) is 0 Å². The summed E-state index contributed by atoms with van der Waals surface area (Å²) in [6.45, 7) is 0. The lowest BCUT2D eigenvalue weighted by atomic mass is 10.3. The number of nitrogens with zero attached hydrogens (tertiary/aromatic N) is 4. The number of rotatable bonds is 0. The second-order valence-corrected chi connectivity index (χ2v) is 2.71. The van der Waals surface area contributed by atoms with Crippen LogP contribution < -0.4 is 0 Å². The number of aromatic nitrogens is 2. The summed E-state index contributed by atoms with van der Waals surface area (Å²) in [5.41, 5.74) is 1.21. The Bertz CT molecular complexity index is 445. The Balaban J connectivity index is 0.000000160. The summed E-state index contributed by atoms with van der Waals surface area (Å²) in [5.74, 6) is 0. The smallest absolute Gasteiger partial charge is 0.101 e. The van der Waals surface area contributed by atoms with E-state index in [0.29, 0.717) is 11.1 Å². The lowest BCUT2D eigenvalue weighted by Gasteiger charge is -1.79. The molecule has 0 aliphatic heterocycles. The highest BCUT2D eigenvalue weighted by atomic mass is 14.6. The molecule has 16 heavy (non-hydrogen) atoms. The Morgan fingerprint density at radius 2 is 1.25 bits per heavy atom. The van der Waals surface area contributed by atoms with Crippen molar-refractivity contribution in [3.63, 3.8) is 0 Å². The van der Waals surface area contributed by atoms with Gasteiger partial charge in [0.2, 0.25) is 0 Å². The summed E-state index contributed by atoms with van der Waals surface area (Å²) >= 11 is 0. The molecule has 2 heterocycles. The first kappa shape index (κ1) is 11.4. The molecule has 0 fully saturated rings. The molecule has 0 aliphatic rings. The first-order valence-electron chi connectivity index (χ1n) is 4.47. The summed E-state index contributed by atoms with van der Waals surface area (Å²) in [5, 5.41) is 16.5. The van der Waals surface area contributed by atoms with Gasteiger partial charge in [-0.25, -0.2) is 0 Å². The maximum atomic E-state index is 8.25. The van der Waals surface area contributed by atoms with Gasteiger partial charge >= 0.3 is 0 Å². The van der Waals surface area contributed by atoms with Gasteiger partial charge in [-0.3, -0.25) is 9.97 Å². The minimum atomic E-state index is 0.604. The maximum absolute atomic E-state index is 8.25. The molecule has 0 atom stereocenters. The van der Waals surface area contributed by atoms with E-state index in [9.17, 15) is 0 Å². The van der Waals surface area contributed by atoms with Crippen LogP contribution in [0, 0.1) is 22.7 Å². The van der Waals surface area contributed by atoms with Crippen LogP contribution in [-0.4, -0.2) is 9.97 Å². The van der Waals surface area contributed by atoms with Crippen molar-refractivity contribution >= 4 is 0 Å². The fourth-order valence-electron chi connectivity index (χ4n) is 0.858. The first-order valence-corrected chi connectivity index (χ1v) is 4.47. The van der Waals surface area contributed by atoms with Crippen LogP contribution in [0.25, 0.3) is 0 Å². The van der Waals surface area contributed by atoms with Crippen molar-refractivity contribution in [1.29, 1.82) is 10.5 Å². The van der Waals surface area contributed by atoms with Crippen LogP contribution in [0.5, 0.6) is 0 Å². The number of hydrogen-bond acceptors (Lipinski definition) is 4. The Morgan fingerprint density at radius 1 is 0.812 bits per heavy atom. The molecule has 0 aromatic carbocycles. The van der Waals surface area contributed by atoms with E-state index < -0.39 is 0 Å². The summed E-state index contributed by atoms with van der Waals surface area (Å²) in [7, 11) is 0. The van der Waals surface area contributed by atoms with E-state index in [1.807, 2.05) is 12.1 Å². The second kappa shape index (κ2) is 6.69. The van der Waals surface area contributed by atoms with Crippen molar-refractivity contribution < 1.29 is 0 Å². The van der Waals surface area contributed by atoms with Gasteiger partial charge in [0.25, 0.3) is 0 Å². The van der Waals surface area contributed by atoms with Gasteiger partial charge in [0.15, 0.2) is 0 Å². The Morgan fingerprint density at radius 3 is 1.44 bits per heavy atom. The molecular weight excluding hydrogens is 200 g/mol. The quantitative estimate of drug-likeness (QED) is 0.662. The van der Waals surface area contributed by atoms with Crippen LogP contribution >= 0.6 is 0 Å². The van der Waals surface area contributed by atoms with E-state index in [4.69, 9.17) is 10.5 Å². The molecular formula is C12H8N4. The molecule has 0 aliphatic carbocycles. The molecule has 0 N–H and O–H groups in total. The number of nitriles is 2. The molecule has 2 rings (SSSR count). The molecule has 2 aromatic heterocycles. The van der Waals surface area contributed by atoms with Gasteiger partial charge in [-0.1, -0.05) is 0 Å². The maximum Gasteiger partial charge on any atom is 0.101 e. The molecule has 76 valence electrons. The third kappa shape index (κ3) is 3.99. The van der Waals surface area contributed by atoms with Gasteiger partial charge in [-0.15, -0.1) is 0 Å². The van der Waals surface area contributed by atoms with E-state index >= 15 is 0 Å². The highest BCUT2D eigenvalue weighted by Gasteiger charge is 1.81. The topological polar surface area (TPSA) is 73.4 Å². The zero-order chi connectivity index (χ0) is 11.6. The minimum Gasteiger partial charge on any atom is -0.263 e. The SMILES string of the molecule is N#Cc1cccnc1.N#Cc1cccnc1. The van der Waals surface area contributed by atoms with Gasteiger partial charge in [0, 0.05) is 24.8 Å². The molecule has 0 spiro atoms. The Hall–Kier alpha value is -2.72. The van der Waals surface area contributed by atoms with E-state index in [1.165, 1.54) is 12.4 Å². The van der Waals surface area contributed by atoms with E-state index in [2.05, 4.69) is 9.97 Å². The lowest BCUT2D eigenvalue weighted by molar-refractivity contribution is 1.30. The fraction of sp³-hybridized carbons (Fsp3) is 0. The number of hydrogen-bond donors (Lipinski definition) is 0. The highest BCUT2D eigenvalue weighted by molar-refractivity contribution is 5.24. The average Bonchev–Trinajstić information content (AvgIpc) is 2.41. The molecule has 0 bridgehead atoms. The molecule has 4 heteroatoms. The predicted octanol–water partition coefficient (Wildman–Crippen LogP) is 1.91. The van der Waals surface area contributed by atoms with Crippen molar-refractivity contribution in [2.75, 3.05) is 0 Å². The minimum absolute atomic E-state index is 0.604. The monoisotopic (exact) mass is 208 g/mol. The van der Waals surface area contributed by atoms with Gasteiger partial charge in [-0.05, 0) is 24.3 Å². The summed E-state index contributed by atoms with van der Waals surface area (Å²) in [6.07, 6.45) is 6.34. The van der Waals surface area contributed by atoms with Crippen molar-refractivity contribution in [1.82, 2.24) is 9.97 Å². The van der Waals surface area contributed by atoms with Crippen LogP contribution in [-0.2, 0) is 0 Å². The third-order valence-corrected chi connectivity index (χ3v) is 1.58. The normalized spacial score (nSPS) is 7.88. The lowest BCUT2D eigenvalue weighted by Crippen LogP contribution is -1.72. The molecule has 0 unspecified atom stereocenters. The fourth-order valence-corrected chi connectivity index (χ4v) is 0.858. The first-order chi connectivity index (χ1) is 7.86. The van der Waals surface area contributed by atoms with Gasteiger partial charge in [0.05, 0.1) is 11.1 Å². The molecule has 2 aromatic rings. The van der Waals surface area contributed by atoms with Gasteiger partial charge in [-0.2, -0.15) is 10.5 Å². The zero-order valence-corrected chi connectivity index (χ0v) is 8.41. The van der Waals surface area contributed by atoms with Gasteiger partial charge in [0.1, 0.15) is 12.1 Å². The average molecular weight is 208 g/mol. The summed E-state index contributed by atoms with van der Waals surface area (Å²) in [4.78, 5) is 7.47. The van der Waals surface area contributed by atoms with Crippen molar-refractivity contribution in [2.45, 2.75) is 0 Å². The molecule has 4 nitrogen and oxygen atoms in total. The van der Waals surface area contributed by atoms with Crippen LogP contribution in [0.4, 0.5) is 0 Å². The largest absolute Gasteiger partial charge is 0.263 e. The third-order valence-electron chi connectivity index (χ3n) is 1.58. The second-order valence-electron chi connectivity index (χ2n) is 2.71. The predicted molar refractivity (Wildman–Crippen MR) is 57.9 cm³/mol. The Kier molecular flexibility index (Phi) is 4.75. The van der Waals surface area contributed by atoms with Crippen LogP contribution in [0.2, 0.25) is 0 Å². The summed E-state index contributed by atoms with van der Waals surface area (Å²) < 4.78 is 0. The van der Waals surface area contributed by atoms with Crippen LogP contribution in [0.1, 0.15) is 11.1 Å². The standard InChI is InChI=1S/2C6H4N2/c2*7-4-6-2-1-3-8-5-6/h2*1-3,5H. The molecule has 0 radical (unpaired) electrons. The van der Waals surface area contributed by atoms with Crippen molar-refractivity contribution in [3.8, 4) is 12.1 Å². The zero-order valence-electron chi connectivity index (χ0n) is 8.41. The molecule has 0 amide bonds. The van der Waals surface area contributed by atoms with E-state index in [1.54, 1.807) is 36.7 Å². The summed E-state index contributed by atoms with van der Waals surface area (Å²) in [6, 6.07) is 10.8. The molecule has 0 saturated carbocycles. The van der Waals surface area contributed by atoms with E-state index in [-0.39, 0.29) is 0 Å². The van der Waals surface area contributed by atoms with Crippen molar-refractivity contribution in [2.24, 2.45) is 0 Å². The highest BCUT2D eigenvalue weighted by Crippen LogP contribution is 1.89. The van der Waals surface area contributed by atoms with Crippen LogP contribution in [0.15, 0.2) is 49.1 Å². The van der Waals surface area contributed by atoms with Crippen molar-refractivity contribution in [3.05, 3.63) is 60.2 Å².